The van der Waals surface area contributed by atoms with E-state index in [-0.39, 0.29) is 0 Å². The molecule has 2 spiro atoms. The molecule has 0 amide bonds. The molecule has 4 fully saturated rings. The van der Waals surface area contributed by atoms with E-state index in [9.17, 15) is 0 Å². The number of aromatic nitrogens is 2. The maximum absolute atomic E-state index is 5.93. The Morgan fingerprint density at radius 3 is 1.77 bits per heavy atom. The minimum atomic E-state index is 0.336. The summed E-state index contributed by atoms with van der Waals surface area (Å²) < 4.78 is 11.9. The van der Waals surface area contributed by atoms with Crippen LogP contribution in [0.4, 0.5) is 11.6 Å². The van der Waals surface area contributed by atoms with Crippen molar-refractivity contribution in [3.8, 4) is 11.4 Å². The van der Waals surface area contributed by atoms with Crippen molar-refractivity contribution in [2.24, 2.45) is 10.8 Å². The van der Waals surface area contributed by atoms with E-state index in [4.69, 9.17) is 19.4 Å². The molecule has 2 aromatic rings. The van der Waals surface area contributed by atoms with E-state index in [1.165, 1.54) is 25.7 Å². The second kappa shape index (κ2) is 7.20. The first-order valence-corrected chi connectivity index (χ1v) is 11.3. The van der Waals surface area contributed by atoms with Gasteiger partial charge >= 0.3 is 0 Å². The highest BCUT2D eigenvalue weighted by atomic mass is 16.5. The zero-order valence-electron chi connectivity index (χ0n) is 17.6. The molecular formula is C24H30N4O2. The number of ether oxygens (including phenoxy) is 2. The molecule has 1 aromatic heterocycles. The van der Waals surface area contributed by atoms with E-state index in [0.717, 1.165) is 75.6 Å². The van der Waals surface area contributed by atoms with E-state index < -0.39 is 0 Å². The molecule has 0 unspecified atom stereocenters. The Morgan fingerprint density at radius 1 is 0.733 bits per heavy atom. The Bertz CT molecular complexity index is 858. The summed E-state index contributed by atoms with van der Waals surface area (Å²) in [6, 6.07) is 12.6. The average molecular weight is 407 g/mol. The van der Waals surface area contributed by atoms with Crippen LogP contribution in [0.15, 0.2) is 36.4 Å². The van der Waals surface area contributed by atoms with Crippen molar-refractivity contribution >= 4 is 11.6 Å². The number of benzene rings is 1. The minimum absolute atomic E-state index is 0.336. The number of hydrogen-bond donors (Lipinski definition) is 0. The topological polar surface area (TPSA) is 50.7 Å². The first-order valence-electron chi connectivity index (χ1n) is 11.3. The molecule has 2 saturated carbocycles. The van der Waals surface area contributed by atoms with Gasteiger partial charge in [-0.2, -0.15) is 0 Å². The lowest BCUT2D eigenvalue weighted by atomic mass is 10.1. The van der Waals surface area contributed by atoms with Gasteiger partial charge in [-0.3, -0.25) is 0 Å². The van der Waals surface area contributed by atoms with Crippen molar-refractivity contribution in [2.75, 3.05) is 62.4 Å². The smallest absolute Gasteiger partial charge is 0.163 e. The fourth-order valence-electron chi connectivity index (χ4n) is 4.80. The van der Waals surface area contributed by atoms with Gasteiger partial charge in [-0.1, -0.05) is 30.3 Å². The highest BCUT2D eigenvalue weighted by Crippen LogP contribution is 2.49. The largest absolute Gasteiger partial charge is 0.379 e. The lowest BCUT2D eigenvalue weighted by Gasteiger charge is -2.28. The highest BCUT2D eigenvalue weighted by Gasteiger charge is 2.47. The Kier molecular flexibility index (Phi) is 4.46. The Labute approximate surface area is 178 Å². The molecule has 2 saturated heterocycles. The molecule has 0 bridgehead atoms. The van der Waals surface area contributed by atoms with Gasteiger partial charge in [0.2, 0.25) is 0 Å². The summed E-state index contributed by atoms with van der Waals surface area (Å²) in [7, 11) is 0. The zero-order chi connectivity index (χ0) is 20.0. The maximum Gasteiger partial charge on any atom is 0.163 e. The number of hydrogen-bond acceptors (Lipinski definition) is 6. The summed E-state index contributed by atoms with van der Waals surface area (Å²) in [5.74, 6) is 2.88. The predicted octanol–water partition coefficient (Wildman–Crippen LogP) is 3.38. The molecule has 30 heavy (non-hydrogen) atoms. The predicted molar refractivity (Wildman–Crippen MR) is 117 cm³/mol. The zero-order valence-corrected chi connectivity index (χ0v) is 17.6. The molecule has 0 atom stereocenters. The quantitative estimate of drug-likeness (QED) is 0.779. The van der Waals surface area contributed by atoms with Crippen LogP contribution in [0.1, 0.15) is 25.7 Å². The van der Waals surface area contributed by atoms with Crippen LogP contribution in [0.25, 0.3) is 11.4 Å². The van der Waals surface area contributed by atoms with E-state index in [1.54, 1.807) is 0 Å². The van der Waals surface area contributed by atoms with Gasteiger partial charge in [-0.25, -0.2) is 9.97 Å². The second-order valence-electron chi connectivity index (χ2n) is 9.72. The van der Waals surface area contributed by atoms with Crippen molar-refractivity contribution in [1.82, 2.24) is 9.97 Å². The van der Waals surface area contributed by atoms with E-state index in [0.29, 0.717) is 10.8 Å². The third-order valence-corrected chi connectivity index (χ3v) is 7.17. The summed E-state index contributed by atoms with van der Waals surface area (Å²) >= 11 is 0. The van der Waals surface area contributed by atoms with Gasteiger partial charge in [-0.05, 0) is 25.7 Å². The van der Waals surface area contributed by atoms with Crippen LogP contribution in [0.3, 0.4) is 0 Å². The van der Waals surface area contributed by atoms with Gasteiger partial charge in [-0.15, -0.1) is 0 Å². The number of nitrogens with zero attached hydrogens (tertiary/aromatic N) is 4. The van der Waals surface area contributed by atoms with Crippen molar-refractivity contribution in [3.63, 3.8) is 0 Å². The monoisotopic (exact) mass is 406 g/mol. The summed E-state index contributed by atoms with van der Waals surface area (Å²) in [5, 5.41) is 0. The third kappa shape index (κ3) is 3.67. The Morgan fingerprint density at radius 2 is 1.27 bits per heavy atom. The van der Waals surface area contributed by atoms with Crippen LogP contribution >= 0.6 is 0 Å². The fraction of sp³-hybridized carbons (Fsp3) is 0.583. The maximum atomic E-state index is 5.93. The van der Waals surface area contributed by atoms with Crippen LogP contribution in [0, 0.1) is 10.8 Å². The summed E-state index contributed by atoms with van der Waals surface area (Å²) in [5.41, 5.74) is 1.74. The lowest BCUT2D eigenvalue weighted by molar-refractivity contribution is 0.115. The van der Waals surface area contributed by atoms with Crippen LogP contribution in [-0.4, -0.2) is 62.6 Å². The molecule has 3 heterocycles. The Hall–Kier alpha value is -2.18. The third-order valence-electron chi connectivity index (χ3n) is 7.17. The van der Waals surface area contributed by atoms with Gasteiger partial charge in [0.15, 0.2) is 5.82 Å². The average Bonchev–Trinajstić information content (AvgIpc) is 3.70. The van der Waals surface area contributed by atoms with Gasteiger partial charge < -0.3 is 19.3 Å². The lowest BCUT2D eigenvalue weighted by Crippen LogP contribution is -2.34. The summed E-state index contributed by atoms with van der Waals surface area (Å²) in [4.78, 5) is 14.9. The Balaban J connectivity index is 1.38. The van der Waals surface area contributed by atoms with Crippen molar-refractivity contribution in [3.05, 3.63) is 36.4 Å². The molecule has 0 radical (unpaired) electrons. The molecule has 6 heteroatoms. The van der Waals surface area contributed by atoms with Crippen molar-refractivity contribution in [1.29, 1.82) is 0 Å². The molecule has 1 aromatic carbocycles. The van der Waals surface area contributed by atoms with Gasteiger partial charge in [0, 0.05) is 48.6 Å². The standard InChI is InChI=1S/C24H30N4O2/c1-2-4-19(5-3-1)22-25-20(27-10-12-29-17-23(15-27)6-7-23)14-21(26-22)28-11-13-30-18-24(16-28)8-9-24/h1-5,14H,6-13,15-18H2. The molecular weight excluding hydrogens is 376 g/mol. The molecule has 4 aliphatic rings. The molecule has 2 aliphatic carbocycles. The summed E-state index contributed by atoms with van der Waals surface area (Å²) in [6.45, 7) is 7.15. The van der Waals surface area contributed by atoms with E-state index in [1.807, 2.05) is 6.07 Å². The first-order chi connectivity index (χ1) is 14.7. The van der Waals surface area contributed by atoms with Crippen LogP contribution in [0.2, 0.25) is 0 Å². The van der Waals surface area contributed by atoms with Crippen molar-refractivity contribution < 1.29 is 9.47 Å². The van der Waals surface area contributed by atoms with Gasteiger partial charge in [0.25, 0.3) is 0 Å². The first kappa shape index (κ1) is 18.6. The van der Waals surface area contributed by atoms with E-state index in [2.05, 4.69) is 40.1 Å². The summed E-state index contributed by atoms with van der Waals surface area (Å²) in [6.07, 6.45) is 5.05. The van der Waals surface area contributed by atoms with Crippen LogP contribution < -0.4 is 9.80 Å². The van der Waals surface area contributed by atoms with E-state index >= 15 is 0 Å². The number of rotatable bonds is 3. The SMILES string of the molecule is c1ccc(-c2nc(N3CCOCC4(CC4)C3)cc(N3CCOCC4(CC4)C3)n2)cc1. The second-order valence-corrected chi connectivity index (χ2v) is 9.72. The van der Waals surface area contributed by atoms with Crippen LogP contribution in [0.5, 0.6) is 0 Å². The molecule has 2 aliphatic heterocycles. The van der Waals surface area contributed by atoms with Crippen molar-refractivity contribution in [2.45, 2.75) is 25.7 Å². The number of anilines is 2. The van der Waals surface area contributed by atoms with Gasteiger partial charge in [0.1, 0.15) is 11.6 Å². The minimum Gasteiger partial charge on any atom is -0.379 e. The normalized spacial score (nSPS) is 24.5. The van der Waals surface area contributed by atoms with Gasteiger partial charge in [0.05, 0.1) is 26.4 Å². The molecule has 6 rings (SSSR count). The fourth-order valence-corrected chi connectivity index (χ4v) is 4.80. The molecule has 0 N–H and O–H groups in total. The molecule has 158 valence electrons. The molecule has 6 nitrogen and oxygen atoms in total. The van der Waals surface area contributed by atoms with Crippen LogP contribution in [-0.2, 0) is 9.47 Å². The highest BCUT2D eigenvalue weighted by molar-refractivity contribution is 5.62.